The molecule has 2 N–H and O–H groups in total. The molecular formula is C28H23FN4O2. The molecule has 2 aromatic carbocycles. The number of nitrogens with one attached hydrogen (secondary N) is 2. The maximum Gasteiger partial charge on any atom is 0.260 e. The van der Waals surface area contributed by atoms with Crippen molar-refractivity contribution in [3.8, 4) is 22.4 Å². The molecule has 6 nitrogen and oxygen atoms in total. The Morgan fingerprint density at radius 2 is 1.77 bits per heavy atom. The average Bonchev–Trinajstić information content (AvgIpc) is 3.27. The van der Waals surface area contributed by atoms with E-state index in [-0.39, 0.29) is 17.3 Å². The Bertz CT molecular complexity index is 1590. The van der Waals surface area contributed by atoms with Gasteiger partial charge in [0.25, 0.3) is 5.56 Å². The summed E-state index contributed by atoms with van der Waals surface area (Å²) in [6.07, 6.45) is 3.35. The lowest BCUT2D eigenvalue weighted by atomic mass is 9.99. The Balaban J connectivity index is 1.55. The molecule has 1 amide bonds. The summed E-state index contributed by atoms with van der Waals surface area (Å²) in [4.78, 5) is 33.6. The van der Waals surface area contributed by atoms with Crippen molar-refractivity contribution in [2.45, 2.75) is 12.8 Å². The molecule has 0 aliphatic rings. The van der Waals surface area contributed by atoms with Crippen LogP contribution in [0.5, 0.6) is 0 Å². The first-order valence-electron chi connectivity index (χ1n) is 11.2. The van der Waals surface area contributed by atoms with Crippen molar-refractivity contribution in [2.24, 2.45) is 7.05 Å². The number of anilines is 1. The third-order valence-electron chi connectivity index (χ3n) is 6.15. The number of pyridine rings is 2. The van der Waals surface area contributed by atoms with Gasteiger partial charge in [0.05, 0.1) is 22.5 Å². The number of aryl methyl sites for hydroxylation is 1. The van der Waals surface area contributed by atoms with Gasteiger partial charge in [-0.25, -0.2) is 9.37 Å². The third kappa shape index (κ3) is 4.24. The molecular weight excluding hydrogens is 443 g/mol. The summed E-state index contributed by atoms with van der Waals surface area (Å²) in [6.45, 7) is 1.76. The maximum absolute atomic E-state index is 13.2. The molecule has 0 aliphatic carbocycles. The van der Waals surface area contributed by atoms with E-state index in [0.717, 1.165) is 27.9 Å². The lowest BCUT2D eigenvalue weighted by molar-refractivity contribution is -0.117. The van der Waals surface area contributed by atoms with E-state index in [9.17, 15) is 14.0 Å². The van der Waals surface area contributed by atoms with E-state index >= 15 is 0 Å². The van der Waals surface area contributed by atoms with Crippen molar-refractivity contribution in [1.29, 1.82) is 0 Å². The van der Waals surface area contributed by atoms with E-state index in [0.29, 0.717) is 16.8 Å². The number of fused-ring (bicyclic) bond motifs is 1. The van der Waals surface area contributed by atoms with E-state index in [1.165, 1.54) is 12.1 Å². The van der Waals surface area contributed by atoms with Crippen LogP contribution in [0.15, 0.2) is 90.0 Å². The van der Waals surface area contributed by atoms with E-state index in [2.05, 4.69) is 15.3 Å². The Morgan fingerprint density at radius 1 is 1.03 bits per heavy atom. The molecule has 3 aromatic heterocycles. The lowest BCUT2D eigenvalue weighted by Gasteiger charge is -2.13. The fourth-order valence-electron chi connectivity index (χ4n) is 4.20. The van der Waals surface area contributed by atoms with Crippen LogP contribution in [0, 0.1) is 5.82 Å². The highest BCUT2D eigenvalue weighted by atomic mass is 19.1. The van der Waals surface area contributed by atoms with Crippen molar-refractivity contribution in [2.75, 3.05) is 5.32 Å². The molecule has 5 rings (SSSR count). The van der Waals surface area contributed by atoms with Crippen LogP contribution in [0.2, 0.25) is 0 Å². The number of H-pyrrole nitrogens is 1. The van der Waals surface area contributed by atoms with Gasteiger partial charge < -0.3 is 14.9 Å². The molecule has 35 heavy (non-hydrogen) atoms. The topological polar surface area (TPSA) is 79.8 Å². The second kappa shape index (κ2) is 9.02. The van der Waals surface area contributed by atoms with Gasteiger partial charge in [-0.1, -0.05) is 42.5 Å². The normalized spacial score (nSPS) is 12.0. The smallest absolute Gasteiger partial charge is 0.260 e. The molecule has 0 unspecified atom stereocenters. The van der Waals surface area contributed by atoms with E-state index in [4.69, 9.17) is 0 Å². The monoisotopic (exact) mass is 466 g/mol. The van der Waals surface area contributed by atoms with Gasteiger partial charge in [-0.05, 0) is 48.4 Å². The quantitative estimate of drug-likeness (QED) is 0.360. The summed E-state index contributed by atoms with van der Waals surface area (Å²) >= 11 is 0. The number of carbonyl (C=O) groups excluding carboxylic acids is 1. The molecule has 0 fully saturated rings. The number of aromatic amines is 1. The molecule has 0 saturated carbocycles. The first-order chi connectivity index (χ1) is 16.9. The number of carbonyl (C=O) groups is 1. The largest absolute Gasteiger partial charge is 0.354 e. The molecule has 174 valence electrons. The van der Waals surface area contributed by atoms with Gasteiger partial charge in [0.1, 0.15) is 11.6 Å². The molecule has 5 aromatic rings. The Kier molecular flexibility index (Phi) is 5.74. The number of rotatable bonds is 5. The fourth-order valence-corrected chi connectivity index (χ4v) is 4.20. The van der Waals surface area contributed by atoms with Gasteiger partial charge in [0.2, 0.25) is 5.91 Å². The first-order valence-corrected chi connectivity index (χ1v) is 11.2. The van der Waals surface area contributed by atoms with Crippen LogP contribution in [0.3, 0.4) is 0 Å². The van der Waals surface area contributed by atoms with Crippen LogP contribution in [0.1, 0.15) is 18.4 Å². The van der Waals surface area contributed by atoms with Crippen LogP contribution in [0.4, 0.5) is 10.2 Å². The molecule has 1 atom stereocenters. The lowest BCUT2D eigenvalue weighted by Crippen LogP contribution is -2.19. The van der Waals surface area contributed by atoms with Gasteiger partial charge in [-0.15, -0.1) is 0 Å². The molecule has 0 saturated heterocycles. The number of nitrogens with zero attached hydrogens (tertiary/aromatic N) is 2. The predicted molar refractivity (Wildman–Crippen MR) is 136 cm³/mol. The summed E-state index contributed by atoms with van der Waals surface area (Å²) in [5.41, 5.74) is 4.59. The average molecular weight is 467 g/mol. The number of hydrogen-bond donors (Lipinski definition) is 2. The van der Waals surface area contributed by atoms with Crippen LogP contribution in [0.25, 0.3) is 33.3 Å². The predicted octanol–water partition coefficient (Wildman–Crippen LogP) is 5.48. The Morgan fingerprint density at radius 3 is 2.51 bits per heavy atom. The first kappa shape index (κ1) is 22.3. The number of aromatic nitrogens is 3. The zero-order valence-electron chi connectivity index (χ0n) is 19.2. The van der Waals surface area contributed by atoms with Crippen molar-refractivity contribution >= 4 is 22.6 Å². The van der Waals surface area contributed by atoms with Crippen molar-refractivity contribution < 1.29 is 9.18 Å². The fraction of sp³-hybridized carbons (Fsp3) is 0.107. The molecule has 7 heteroatoms. The summed E-state index contributed by atoms with van der Waals surface area (Å²) in [7, 11) is 1.73. The Hall–Kier alpha value is -4.52. The highest BCUT2D eigenvalue weighted by Gasteiger charge is 2.20. The zero-order valence-corrected chi connectivity index (χ0v) is 19.2. The minimum Gasteiger partial charge on any atom is -0.354 e. The van der Waals surface area contributed by atoms with E-state index < -0.39 is 5.92 Å². The number of benzene rings is 2. The SMILES string of the molecule is C[C@H](C(=O)Nc1cc(-c2[nH]c3ccn(C)c(=O)c3c2-c2ccccc2)ccn1)c1ccc(F)cc1. The number of amides is 1. The second-order valence-electron chi connectivity index (χ2n) is 8.45. The third-order valence-corrected chi connectivity index (χ3v) is 6.15. The zero-order chi connectivity index (χ0) is 24.5. The summed E-state index contributed by atoms with van der Waals surface area (Å²) in [5.74, 6) is -0.711. The van der Waals surface area contributed by atoms with Crippen molar-refractivity contribution in [3.63, 3.8) is 0 Å². The highest BCUT2D eigenvalue weighted by molar-refractivity contribution is 6.03. The van der Waals surface area contributed by atoms with Crippen molar-refractivity contribution in [1.82, 2.24) is 14.5 Å². The van der Waals surface area contributed by atoms with Gasteiger partial charge >= 0.3 is 0 Å². The minimum absolute atomic E-state index is 0.0976. The minimum atomic E-state index is -0.489. The van der Waals surface area contributed by atoms with E-state index in [1.54, 1.807) is 49.1 Å². The second-order valence-corrected chi connectivity index (χ2v) is 8.45. The molecule has 3 heterocycles. The van der Waals surface area contributed by atoms with Crippen LogP contribution in [-0.2, 0) is 11.8 Å². The summed E-state index contributed by atoms with van der Waals surface area (Å²) < 4.78 is 14.8. The van der Waals surface area contributed by atoms with Crippen LogP contribution >= 0.6 is 0 Å². The highest BCUT2D eigenvalue weighted by Crippen LogP contribution is 2.37. The molecule has 0 spiro atoms. The maximum atomic E-state index is 13.2. The summed E-state index contributed by atoms with van der Waals surface area (Å²) in [6, 6.07) is 21.1. The van der Waals surface area contributed by atoms with Gasteiger partial charge in [0.15, 0.2) is 0 Å². The van der Waals surface area contributed by atoms with Gasteiger partial charge in [0, 0.05) is 30.6 Å². The summed E-state index contributed by atoms with van der Waals surface area (Å²) in [5, 5.41) is 3.46. The van der Waals surface area contributed by atoms with Crippen molar-refractivity contribution in [3.05, 3.63) is 107 Å². The van der Waals surface area contributed by atoms with Crippen LogP contribution < -0.4 is 10.9 Å². The van der Waals surface area contributed by atoms with Gasteiger partial charge in [-0.3, -0.25) is 9.59 Å². The Labute approximate surface area is 201 Å². The van der Waals surface area contributed by atoms with E-state index in [1.807, 2.05) is 42.5 Å². The van der Waals surface area contributed by atoms with Gasteiger partial charge in [-0.2, -0.15) is 0 Å². The number of halogens is 1. The standard InChI is InChI=1S/C28H23FN4O2/c1-17(18-8-10-21(29)11-9-18)27(34)32-23-16-20(12-14-30-23)26-24(19-6-4-3-5-7-19)25-22(31-26)13-15-33(2)28(25)35/h3-17,31H,1-2H3,(H,30,32,34)/t17-/m0/s1. The molecule has 0 aliphatic heterocycles. The van der Waals surface area contributed by atoms with Crippen LogP contribution in [-0.4, -0.2) is 20.4 Å². The number of hydrogen-bond acceptors (Lipinski definition) is 3. The molecule has 0 bridgehead atoms. The molecule has 0 radical (unpaired) electrons.